The van der Waals surface area contributed by atoms with Gasteiger partial charge in [0.25, 0.3) is 0 Å². The van der Waals surface area contributed by atoms with Crippen LogP contribution in [-0.2, 0) is 0 Å². The molecule has 2 rings (SSSR count). The number of hydrogen-bond donors (Lipinski definition) is 2. The summed E-state index contributed by atoms with van der Waals surface area (Å²) < 4.78 is 28.3. The lowest BCUT2D eigenvalue weighted by atomic mass is 10.2. The monoisotopic (exact) mass is 286 g/mol. The van der Waals surface area contributed by atoms with Gasteiger partial charge in [-0.3, -0.25) is 0 Å². The smallest absolute Gasteiger partial charge is 0.387 e. The van der Waals surface area contributed by atoms with Gasteiger partial charge in [0.1, 0.15) is 5.75 Å². The summed E-state index contributed by atoms with van der Waals surface area (Å²) in [6, 6.07) is 6.71. The maximum Gasteiger partial charge on any atom is 0.387 e. The minimum absolute atomic E-state index is 0.134. The highest BCUT2D eigenvalue weighted by atomic mass is 32.1. The van der Waals surface area contributed by atoms with E-state index in [0.717, 1.165) is 18.5 Å². The lowest BCUT2D eigenvalue weighted by Crippen LogP contribution is -2.35. The second kappa shape index (κ2) is 6.65. The third-order valence-electron chi connectivity index (χ3n) is 3.03. The number of nitrogens with one attached hydrogen (secondary N) is 2. The molecule has 1 aromatic rings. The van der Waals surface area contributed by atoms with E-state index in [0.29, 0.717) is 11.2 Å². The maximum atomic E-state index is 12.0. The Morgan fingerprint density at radius 2 is 1.84 bits per heavy atom. The second-order valence-electron chi connectivity index (χ2n) is 4.48. The molecule has 0 unspecified atom stereocenters. The first-order chi connectivity index (χ1) is 9.13. The van der Waals surface area contributed by atoms with Crippen LogP contribution in [0, 0.1) is 0 Å². The van der Waals surface area contributed by atoms with Gasteiger partial charge in [0, 0.05) is 11.7 Å². The highest BCUT2D eigenvalue weighted by Gasteiger charge is 2.15. The van der Waals surface area contributed by atoms with Crippen LogP contribution in [0.3, 0.4) is 0 Å². The van der Waals surface area contributed by atoms with Gasteiger partial charge >= 0.3 is 6.61 Å². The molecule has 104 valence electrons. The minimum atomic E-state index is -2.80. The lowest BCUT2D eigenvalue weighted by Gasteiger charge is -2.15. The Labute approximate surface area is 116 Å². The zero-order valence-electron chi connectivity index (χ0n) is 10.4. The SMILES string of the molecule is FC(F)Oc1ccc(NC(=S)NC2CCCC2)cc1. The fraction of sp³-hybridized carbons (Fsp3) is 0.462. The Hall–Kier alpha value is -1.43. The Kier molecular flexibility index (Phi) is 4.90. The predicted octanol–water partition coefficient (Wildman–Crippen LogP) is 3.52. The highest BCUT2D eigenvalue weighted by Crippen LogP contribution is 2.19. The van der Waals surface area contributed by atoms with Crippen LogP contribution in [0.25, 0.3) is 0 Å². The van der Waals surface area contributed by atoms with Crippen LogP contribution in [-0.4, -0.2) is 17.8 Å². The summed E-state index contributed by atoms with van der Waals surface area (Å²) >= 11 is 5.20. The molecule has 3 nitrogen and oxygen atoms in total. The Balaban J connectivity index is 1.82. The van der Waals surface area contributed by atoms with Crippen LogP contribution in [0.15, 0.2) is 24.3 Å². The first kappa shape index (κ1) is 14.0. The summed E-state index contributed by atoms with van der Waals surface area (Å²) in [7, 11) is 0. The zero-order chi connectivity index (χ0) is 13.7. The summed E-state index contributed by atoms with van der Waals surface area (Å²) in [4.78, 5) is 0. The standard InChI is InChI=1S/C13H16F2N2OS/c14-12(15)18-11-7-5-10(6-8-11)17-13(19)16-9-3-1-2-4-9/h5-9,12H,1-4H2,(H2,16,17,19). The van der Waals surface area contributed by atoms with E-state index in [1.54, 1.807) is 12.1 Å². The van der Waals surface area contributed by atoms with E-state index < -0.39 is 6.61 Å². The molecule has 0 amide bonds. The average Bonchev–Trinajstić information content (AvgIpc) is 2.83. The highest BCUT2D eigenvalue weighted by molar-refractivity contribution is 7.80. The molecule has 2 N–H and O–H groups in total. The molecule has 19 heavy (non-hydrogen) atoms. The van der Waals surface area contributed by atoms with E-state index in [1.807, 2.05) is 0 Å². The van der Waals surface area contributed by atoms with Gasteiger partial charge in [0.15, 0.2) is 5.11 Å². The van der Waals surface area contributed by atoms with Crippen molar-refractivity contribution in [2.45, 2.75) is 38.3 Å². The van der Waals surface area contributed by atoms with Gasteiger partial charge in [0.05, 0.1) is 0 Å². The van der Waals surface area contributed by atoms with Crippen LogP contribution >= 0.6 is 12.2 Å². The van der Waals surface area contributed by atoms with E-state index in [-0.39, 0.29) is 5.75 Å². The second-order valence-corrected chi connectivity index (χ2v) is 4.89. The quantitative estimate of drug-likeness (QED) is 0.830. The van der Waals surface area contributed by atoms with Crippen molar-refractivity contribution in [1.82, 2.24) is 5.32 Å². The van der Waals surface area contributed by atoms with E-state index in [4.69, 9.17) is 12.2 Å². The fourth-order valence-corrected chi connectivity index (χ4v) is 2.43. The van der Waals surface area contributed by atoms with Gasteiger partial charge in [-0.15, -0.1) is 0 Å². The number of ether oxygens (including phenoxy) is 1. The van der Waals surface area contributed by atoms with E-state index >= 15 is 0 Å². The normalized spacial score (nSPS) is 15.5. The topological polar surface area (TPSA) is 33.3 Å². The first-order valence-corrected chi connectivity index (χ1v) is 6.67. The van der Waals surface area contributed by atoms with Gasteiger partial charge in [0.2, 0.25) is 0 Å². The van der Waals surface area contributed by atoms with Crippen molar-refractivity contribution in [1.29, 1.82) is 0 Å². The average molecular weight is 286 g/mol. The number of hydrogen-bond acceptors (Lipinski definition) is 2. The van der Waals surface area contributed by atoms with Crippen molar-refractivity contribution in [3.8, 4) is 5.75 Å². The van der Waals surface area contributed by atoms with Crippen LogP contribution in [0.1, 0.15) is 25.7 Å². The summed E-state index contributed by atoms with van der Waals surface area (Å²) in [5.74, 6) is 0.134. The number of thiocarbonyl (C=S) groups is 1. The first-order valence-electron chi connectivity index (χ1n) is 6.26. The molecule has 0 bridgehead atoms. The molecule has 0 spiro atoms. The molecule has 0 heterocycles. The van der Waals surface area contributed by atoms with Gasteiger partial charge < -0.3 is 15.4 Å². The summed E-state index contributed by atoms with van der Waals surface area (Å²) in [6.45, 7) is -2.80. The Morgan fingerprint density at radius 1 is 1.21 bits per heavy atom. The Bertz CT molecular complexity index is 419. The molecular formula is C13H16F2N2OS. The molecule has 1 fully saturated rings. The molecule has 1 aromatic carbocycles. The van der Waals surface area contributed by atoms with Crippen molar-refractivity contribution in [3.05, 3.63) is 24.3 Å². The number of alkyl halides is 2. The zero-order valence-corrected chi connectivity index (χ0v) is 11.2. The lowest BCUT2D eigenvalue weighted by molar-refractivity contribution is -0.0498. The van der Waals surface area contributed by atoms with E-state index in [2.05, 4.69) is 15.4 Å². The maximum absolute atomic E-state index is 12.0. The molecule has 6 heteroatoms. The molecule has 0 saturated heterocycles. The van der Waals surface area contributed by atoms with Crippen LogP contribution in [0.5, 0.6) is 5.75 Å². The predicted molar refractivity (Wildman–Crippen MR) is 74.7 cm³/mol. The molecule has 0 radical (unpaired) electrons. The van der Waals surface area contributed by atoms with Crippen LogP contribution < -0.4 is 15.4 Å². The van der Waals surface area contributed by atoms with Crippen molar-refractivity contribution in [2.24, 2.45) is 0 Å². The van der Waals surface area contributed by atoms with Crippen molar-refractivity contribution in [3.63, 3.8) is 0 Å². The Morgan fingerprint density at radius 3 is 2.42 bits per heavy atom. The minimum Gasteiger partial charge on any atom is -0.435 e. The van der Waals surface area contributed by atoms with E-state index in [9.17, 15) is 8.78 Å². The van der Waals surface area contributed by atoms with Gasteiger partial charge in [-0.05, 0) is 49.3 Å². The van der Waals surface area contributed by atoms with Crippen molar-refractivity contribution in [2.75, 3.05) is 5.32 Å². The molecule has 1 aliphatic carbocycles. The van der Waals surface area contributed by atoms with Crippen LogP contribution in [0.4, 0.5) is 14.5 Å². The third kappa shape index (κ3) is 4.63. The number of benzene rings is 1. The van der Waals surface area contributed by atoms with Crippen molar-refractivity contribution >= 4 is 23.0 Å². The number of anilines is 1. The third-order valence-corrected chi connectivity index (χ3v) is 3.25. The number of rotatable bonds is 4. The van der Waals surface area contributed by atoms with E-state index in [1.165, 1.54) is 25.0 Å². The summed E-state index contributed by atoms with van der Waals surface area (Å²) in [6.07, 6.45) is 4.76. The summed E-state index contributed by atoms with van der Waals surface area (Å²) in [5, 5.41) is 6.83. The van der Waals surface area contributed by atoms with Gasteiger partial charge in [-0.25, -0.2) is 0 Å². The largest absolute Gasteiger partial charge is 0.435 e. The fourth-order valence-electron chi connectivity index (χ4n) is 2.14. The molecule has 0 aliphatic heterocycles. The van der Waals surface area contributed by atoms with Crippen LogP contribution in [0.2, 0.25) is 0 Å². The molecule has 1 saturated carbocycles. The molecular weight excluding hydrogens is 270 g/mol. The molecule has 0 aromatic heterocycles. The van der Waals surface area contributed by atoms with Gasteiger partial charge in [-0.1, -0.05) is 12.8 Å². The van der Waals surface area contributed by atoms with Gasteiger partial charge in [-0.2, -0.15) is 8.78 Å². The number of halogens is 2. The molecule has 1 aliphatic rings. The van der Waals surface area contributed by atoms with Crippen molar-refractivity contribution < 1.29 is 13.5 Å². The molecule has 0 atom stereocenters. The summed E-state index contributed by atoms with van der Waals surface area (Å²) in [5.41, 5.74) is 0.747.